The van der Waals surface area contributed by atoms with E-state index in [4.69, 9.17) is 16.3 Å². The number of hydrogen-bond acceptors (Lipinski definition) is 5. The van der Waals surface area contributed by atoms with E-state index in [9.17, 15) is 9.59 Å². The van der Waals surface area contributed by atoms with Crippen LogP contribution in [0.4, 0.5) is 5.00 Å². The Morgan fingerprint density at radius 3 is 2.67 bits per heavy atom. The van der Waals surface area contributed by atoms with Crippen LogP contribution in [0.5, 0.6) is 0 Å². The molecule has 5 nitrogen and oxygen atoms in total. The molecule has 0 atom stereocenters. The van der Waals surface area contributed by atoms with Gasteiger partial charge in [-0.05, 0) is 31.5 Å². The Labute approximate surface area is 130 Å². The summed E-state index contributed by atoms with van der Waals surface area (Å²) in [5.41, 5.74) is 1.35. The summed E-state index contributed by atoms with van der Waals surface area (Å²) in [7, 11) is 1.30. The quantitative estimate of drug-likeness (QED) is 0.693. The molecule has 1 amide bonds. The Kier molecular flexibility index (Phi) is 4.59. The van der Waals surface area contributed by atoms with Crippen molar-refractivity contribution in [1.29, 1.82) is 0 Å². The Bertz CT molecular complexity index is 712. The number of amides is 1. The lowest BCUT2D eigenvalue weighted by Crippen LogP contribution is -2.15. The van der Waals surface area contributed by atoms with E-state index in [1.54, 1.807) is 18.2 Å². The average molecular weight is 325 g/mol. The minimum absolute atomic E-state index is 0.182. The Balaban J connectivity index is 2.34. The monoisotopic (exact) mass is 324 g/mol. The second-order valence-electron chi connectivity index (χ2n) is 4.28. The molecule has 0 aliphatic rings. The maximum atomic E-state index is 12.2. The fourth-order valence-corrected chi connectivity index (χ4v) is 2.97. The van der Waals surface area contributed by atoms with Gasteiger partial charge in [0, 0.05) is 4.88 Å². The summed E-state index contributed by atoms with van der Waals surface area (Å²) in [6, 6.07) is 4.76. The topological polar surface area (TPSA) is 68.3 Å². The van der Waals surface area contributed by atoms with E-state index in [1.165, 1.54) is 18.4 Å². The van der Waals surface area contributed by atoms with E-state index in [0.717, 1.165) is 10.4 Å². The number of nitrogens with one attached hydrogen (secondary N) is 1. The number of ether oxygens (including phenoxy) is 1. The normalized spacial score (nSPS) is 10.3. The third kappa shape index (κ3) is 3.22. The lowest BCUT2D eigenvalue weighted by Gasteiger charge is -2.06. The first-order valence-electron chi connectivity index (χ1n) is 6.06. The number of aryl methyl sites for hydroxylation is 1. The molecule has 2 rings (SSSR count). The molecule has 2 aromatic heterocycles. The van der Waals surface area contributed by atoms with Crippen LogP contribution in [-0.2, 0) is 4.74 Å². The van der Waals surface area contributed by atoms with Crippen molar-refractivity contribution >= 4 is 39.8 Å². The largest absolute Gasteiger partial charge is 0.465 e. The van der Waals surface area contributed by atoms with E-state index in [1.807, 2.05) is 13.8 Å². The summed E-state index contributed by atoms with van der Waals surface area (Å²) in [4.78, 5) is 28.9. The highest BCUT2D eigenvalue weighted by atomic mass is 35.5. The predicted molar refractivity (Wildman–Crippen MR) is 82.3 cm³/mol. The molecule has 0 fully saturated rings. The molecule has 2 heterocycles. The number of aromatic nitrogens is 1. The van der Waals surface area contributed by atoms with Crippen molar-refractivity contribution < 1.29 is 14.3 Å². The second kappa shape index (κ2) is 6.24. The number of esters is 1. The summed E-state index contributed by atoms with van der Waals surface area (Å²) in [5.74, 6) is -0.907. The molecule has 21 heavy (non-hydrogen) atoms. The molecular weight excluding hydrogens is 312 g/mol. The predicted octanol–water partition coefficient (Wildman–Crippen LogP) is 3.45. The van der Waals surface area contributed by atoms with Crippen molar-refractivity contribution in [2.75, 3.05) is 12.4 Å². The summed E-state index contributed by atoms with van der Waals surface area (Å²) >= 11 is 7.08. The van der Waals surface area contributed by atoms with Crippen LogP contribution in [0.25, 0.3) is 0 Å². The van der Waals surface area contributed by atoms with E-state index in [-0.39, 0.29) is 10.8 Å². The highest BCUT2D eigenvalue weighted by Crippen LogP contribution is 2.33. The van der Waals surface area contributed by atoms with Gasteiger partial charge in [-0.25, -0.2) is 9.78 Å². The van der Waals surface area contributed by atoms with Crippen LogP contribution in [0.15, 0.2) is 18.2 Å². The number of pyridine rings is 1. The van der Waals surface area contributed by atoms with Crippen LogP contribution in [0.3, 0.4) is 0 Å². The summed E-state index contributed by atoms with van der Waals surface area (Å²) in [6.45, 7) is 3.69. The van der Waals surface area contributed by atoms with Crippen LogP contribution in [-0.4, -0.2) is 24.0 Å². The highest BCUT2D eigenvalue weighted by molar-refractivity contribution is 7.16. The first kappa shape index (κ1) is 15.5. The van der Waals surface area contributed by atoms with Crippen LogP contribution in [0.1, 0.15) is 31.3 Å². The van der Waals surface area contributed by atoms with Gasteiger partial charge in [0.15, 0.2) is 0 Å². The number of methoxy groups -OCH3 is 1. The van der Waals surface area contributed by atoms with Crippen molar-refractivity contribution in [1.82, 2.24) is 4.98 Å². The van der Waals surface area contributed by atoms with Gasteiger partial charge in [0.05, 0.1) is 12.7 Å². The molecule has 0 aliphatic carbocycles. The minimum atomic E-state index is -0.480. The first-order chi connectivity index (χ1) is 9.93. The van der Waals surface area contributed by atoms with Crippen molar-refractivity contribution in [2.45, 2.75) is 13.8 Å². The molecule has 0 aliphatic heterocycles. The number of thiophene rings is 1. The lowest BCUT2D eigenvalue weighted by atomic mass is 10.1. The van der Waals surface area contributed by atoms with Gasteiger partial charge >= 0.3 is 5.97 Å². The number of anilines is 1. The summed E-state index contributed by atoms with van der Waals surface area (Å²) in [6.07, 6.45) is 0. The van der Waals surface area contributed by atoms with Crippen molar-refractivity contribution in [3.05, 3.63) is 45.1 Å². The molecular formula is C14H13ClN2O3S. The van der Waals surface area contributed by atoms with Crippen molar-refractivity contribution in [3.8, 4) is 0 Å². The van der Waals surface area contributed by atoms with Crippen LogP contribution < -0.4 is 5.32 Å². The first-order valence-corrected chi connectivity index (χ1v) is 7.25. The minimum Gasteiger partial charge on any atom is -0.465 e. The zero-order chi connectivity index (χ0) is 15.6. The molecule has 0 bridgehead atoms. The van der Waals surface area contributed by atoms with Gasteiger partial charge in [0.25, 0.3) is 5.91 Å². The second-order valence-corrected chi connectivity index (χ2v) is 5.89. The fourth-order valence-electron chi connectivity index (χ4n) is 1.76. The lowest BCUT2D eigenvalue weighted by molar-refractivity contribution is 0.0601. The van der Waals surface area contributed by atoms with Gasteiger partial charge in [0.1, 0.15) is 15.8 Å². The standard InChI is InChI=1S/C14H13ClN2O3S/c1-7-8(2)21-13(11(7)14(19)20-3)17-12(18)9-5-4-6-10(15)16-9/h4-6H,1-3H3,(H,17,18). The van der Waals surface area contributed by atoms with Crippen LogP contribution in [0, 0.1) is 13.8 Å². The molecule has 0 saturated carbocycles. The summed E-state index contributed by atoms with van der Waals surface area (Å²) in [5, 5.41) is 3.37. The molecule has 2 aromatic rings. The molecule has 1 N–H and O–H groups in total. The van der Waals surface area contributed by atoms with Crippen molar-refractivity contribution in [3.63, 3.8) is 0 Å². The van der Waals surface area contributed by atoms with E-state index < -0.39 is 11.9 Å². The van der Waals surface area contributed by atoms with Gasteiger partial charge in [-0.1, -0.05) is 17.7 Å². The maximum absolute atomic E-state index is 12.2. The van der Waals surface area contributed by atoms with E-state index in [2.05, 4.69) is 10.3 Å². The van der Waals surface area contributed by atoms with Gasteiger partial charge in [-0.3, -0.25) is 4.79 Å². The van der Waals surface area contributed by atoms with Crippen molar-refractivity contribution in [2.24, 2.45) is 0 Å². The highest BCUT2D eigenvalue weighted by Gasteiger charge is 2.22. The molecule has 110 valence electrons. The maximum Gasteiger partial charge on any atom is 0.341 e. The number of carbonyl (C=O) groups is 2. The van der Waals surface area contributed by atoms with Crippen LogP contribution >= 0.6 is 22.9 Å². The molecule has 0 unspecified atom stereocenters. The molecule has 7 heteroatoms. The smallest absolute Gasteiger partial charge is 0.341 e. The average Bonchev–Trinajstić information content (AvgIpc) is 2.73. The molecule has 0 radical (unpaired) electrons. The third-order valence-electron chi connectivity index (χ3n) is 2.95. The Hall–Kier alpha value is -1.92. The van der Waals surface area contributed by atoms with E-state index >= 15 is 0 Å². The van der Waals surface area contributed by atoms with Gasteiger partial charge < -0.3 is 10.1 Å². The number of rotatable bonds is 3. The van der Waals surface area contributed by atoms with Gasteiger partial charge in [0.2, 0.25) is 0 Å². The zero-order valence-electron chi connectivity index (χ0n) is 11.7. The molecule has 0 aromatic carbocycles. The SMILES string of the molecule is COC(=O)c1c(NC(=O)c2cccc(Cl)n2)sc(C)c1C. The number of hydrogen-bond donors (Lipinski definition) is 1. The number of nitrogens with zero attached hydrogens (tertiary/aromatic N) is 1. The fraction of sp³-hybridized carbons (Fsp3) is 0.214. The third-order valence-corrected chi connectivity index (χ3v) is 4.28. The number of carbonyl (C=O) groups excluding carboxylic acids is 2. The van der Waals surface area contributed by atoms with E-state index in [0.29, 0.717) is 10.6 Å². The van der Waals surface area contributed by atoms with Crippen LogP contribution in [0.2, 0.25) is 5.15 Å². The Morgan fingerprint density at radius 1 is 1.33 bits per heavy atom. The zero-order valence-corrected chi connectivity index (χ0v) is 13.3. The molecule has 0 spiro atoms. The number of halogens is 1. The summed E-state index contributed by atoms with van der Waals surface area (Å²) < 4.78 is 4.76. The van der Waals surface area contributed by atoms with Gasteiger partial charge in [-0.2, -0.15) is 0 Å². The molecule has 0 saturated heterocycles. The van der Waals surface area contributed by atoms with Gasteiger partial charge in [-0.15, -0.1) is 11.3 Å². The Morgan fingerprint density at radius 2 is 2.05 bits per heavy atom.